The zero-order valence-corrected chi connectivity index (χ0v) is 27.3. The van der Waals surface area contributed by atoms with Gasteiger partial charge in [0.15, 0.2) is 0 Å². The number of benzene rings is 4. The third-order valence-electron chi connectivity index (χ3n) is 7.64. The quantitative estimate of drug-likeness (QED) is 0.147. The number of halogens is 1. The minimum atomic E-state index is -4.15. The Labute approximate surface area is 271 Å². The number of sulfonamides is 1. The van der Waals surface area contributed by atoms with Crippen LogP contribution in [-0.2, 0) is 39.0 Å². The summed E-state index contributed by atoms with van der Waals surface area (Å²) in [6, 6.07) is 30.9. The lowest BCUT2D eigenvalue weighted by Crippen LogP contribution is -2.53. The summed E-state index contributed by atoms with van der Waals surface area (Å²) in [4.78, 5) is 29.8. The van der Waals surface area contributed by atoms with Gasteiger partial charge in [0.2, 0.25) is 11.8 Å². The monoisotopic (exact) mass is 645 g/mol. The maximum atomic E-state index is 14.5. The van der Waals surface area contributed by atoms with Gasteiger partial charge in [-0.1, -0.05) is 111 Å². The summed E-state index contributed by atoms with van der Waals surface area (Å²) >= 11 is 6.56. The molecule has 7 nitrogen and oxygen atoms in total. The molecule has 0 aliphatic carbocycles. The van der Waals surface area contributed by atoms with Crippen molar-refractivity contribution in [3.05, 3.63) is 131 Å². The van der Waals surface area contributed by atoms with Crippen molar-refractivity contribution in [1.29, 1.82) is 0 Å². The predicted octanol–water partition coefficient (Wildman–Crippen LogP) is 6.65. The molecule has 0 bridgehead atoms. The molecule has 0 heterocycles. The number of carbonyl (C=O) groups excluding carboxylic acids is 2. The standard InChI is InChI=1S/C36H40ClN3O4S/c1-3-5-24-38-36(42)34(25-29-14-8-6-9-15-29)39(26-30-16-12-13-19-33(30)37)35(41)27-40(31-22-20-28(4-2)21-23-31)45(43,44)32-17-10-7-11-18-32/h6-23,34H,3-5,24-27H2,1-2H3,(H,38,42)/t34-/m1/s1. The largest absolute Gasteiger partial charge is 0.354 e. The molecule has 1 atom stereocenters. The molecular weight excluding hydrogens is 606 g/mol. The summed E-state index contributed by atoms with van der Waals surface area (Å²) in [5.74, 6) is -0.835. The Morgan fingerprint density at radius 1 is 0.800 bits per heavy atom. The number of carbonyl (C=O) groups is 2. The highest BCUT2D eigenvalue weighted by atomic mass is 35.5. The number of hydrogen-bond donors (Lipinski definition) is 1. The molecule has 0 spiro atoms. The number of rotatable bonds is 15. The van der Waals surface area contributed by atoms with Crippen LogP contribution in [-0.4, -0.2) is 44.3 Å². The normalized spacial score (nSPS) is 11.9. The molecule has 0 unspecified atom stereocenters. The second-order valence-electron chi connectivity index (χ2n) is 10.8. The minimum Gasteiger partial charge on any atom is -0.354 e. The van der Waals surface area contributed by atoms with E-state index in [2.05, 4.69) is 5.32 Å². The van der Waals surface area contributed by atoms with Crippen LogP contribution in [0.25, 0.3) is 0 Å². The molecule has 4 aromatic rings. The number of unbranched alkanes of at least 4 members (excludes halogenated alkanes) is 1. The van der Waals surface area contributed by atoms with E-state index < -0.39 is 28.5 Å². The molecule has 0 aliphatic heterocycles. The molecule has 236 valence electrons. The topological polar surface area (TPSA) is 86.8 Å². The van der Waals surface area contributed by atoms with E-state index in [1.54, 1.807) is 48.5 Å². The van der Waals surface area contributed by atoms with Gasteiger partial charge in [-0.15, -0.1) is 0 Å². The van der Waals surface area contributed by atoms with Crippen molar-refractivity contribution in [3.8, 4) is 0 Å². The summed E-state index contributed by atoms with van der Waals surface area (Å²) in [5, 5.41) is 3.44. The van der Waals surface area contributed by atoms with Crippen LogP contribution in [0.15, 0.2) is 114 Å². The number of hydrogen-bond acceptors (Lipinski definition) is 4. The molecule has 4 rings (SSSR count). The lowest BCUT2D eigenvalue weighted by atomic mass is 10.0. The van der Waals surface area contributed by atoms with Crippen LogP contribution < -0.4 is 9.62 Å². The third kappa shape index (κ3) is 8.96. The van der Waals surface area contributed by atoms with E-state index in [0.29, 0.717) is 22.8 Å². The Hall–Kier alpha value is -4.14. The lowest BCUT2D eigenvalue weighted by molar-refractivity contribution is -0.140. The molecule has 0 radical (unpaired) electrons. The highest BCUT2D eigenvalue weighted by Gasteiger charge is 2.34. The third-order valence-corrected chi connectivity index (χ3v) is 9.80. The fourth-order valence-corrected chi connectivity index (χ4v) is 6.65. The van der Waals surface area contributed by atoms with Crippen LogP contribution in [0, 0.1) is 0 Å². The lowest BCUT2D eigenvalue weighted by Gasteiger charge is -2.34. The number of aryl methyl sites for hydroxylation is 1. The van der Waals surface area contributed by atoms with Gasteiger partial charge >= 0.3 is 0 Å². The summed E-state index contributed by atoms with van der Waals surface area (Å²) in [6.45, 7) is 4.02. The van der Waals surface area contributed by atoms with Gasteiger partial charge in [0.05, 0.1) is 10.6 Å². The minimum absolute atomic E-state index is 0.0190. The number of nitrogens with zero attached hydrogens (tertiary/aromatic N) is 2. The first-order valence-corrected chi connectivity index (χ1v) is 17.1. The molecule has 0 aromatic heterocycles. The van der Waals surface area contributed by atoms with Gasteiger partial charge < -0.3 is 10.2 Å². The molecule has 45 heavy (non-hydrogen) atoms. The van der Waals surface area contributed by atoms with Crippen molar-refractivity contribution >= 4 is 39.1 Å². The second kappa shape index (κ2) is 16.3. The number of nitrogens with one attached hydrogen (secondary N) is 1. The van der Waals surface area contributed by atoms with E-state index in [1.807, 2.05) is 62.4 Å². The Morgan fingerprint density at radius 3 is 2.04 bits per heavy atom. The van der Waals surface area contributed by atoms with Gasteiger partial charge in [-0.25, -0.2) is 8.42 Å². The summed E-state index contributed by atoms with van der Waals surface area (Å²) < 4.78 is 29.3. The second-order valence-corrected chi connectivity index (χ2v) is 13.1. The van der Waals surface area contributed by atoms with Crippen LogP contribution in [0.4, 0.5) is 5.69 Å². The van der Waals surface area contributed by atoms with E-state index in [4.69, 9.17) is 11.6 Å². The molecular formula is C36H40ClN3O4S. The van der Waals surface area contributed by atoms with Crippen molar-refractivity contribution < 1.29 is 18.0 Å². The maximum absolute atomic E-state index is 14.5. The van der Waals surface area contributed by atoms with E-state index in [9.17, 15) is 18.0 Å². The molecule has 0 fully saturated rings. The summed E-state index contributed by atoms with van der Waals surface area (Å²) in [5.41, 5.74) is 2.91. The zero-order valence-electron chi connectivity index (χ0n) is 25.7. The van der Waals surface area contributed by atoms with Crippen LogP contribution in [0.3, 0.4) is 0 Å². The van der Waals surface area contributed by atoms with Crippen molar-refractivity contribution in [1.82, 2.24) is 10.2 Å². The van der Waals surface area contributed by atoms with Crippen LogP contribution >= 0.6 is 11.6 Å². The van der Waals surface area contributed by atoms with Crippen molar-refractivity contribution in [2.24, 2.45) is 0 Å². The van der Waals surface area contributed by atoms with Gasteiger partial charge in [-0.3, -0.25) is 13.9 Å². The van der Waals surface area contributed by atoms with E-state index in [0.717, 1.165) is 34.7 Å². The molecule has 2 amide bonds. The Kier molecular flexibility index (Phi) is 12.2. The SMILES string of the molecule is CCCCNC(=O)[C@@H](Cc1ccccc1)N(Cc1ccccc1Cl)C(=O)CN(c1ccc(CC)cc1)S(=O)(=O)c1ccccc1. The first-order chi connectivity index (χ1) is 21.7. The first kappa shape index (κ1) is 33.7. The van der Waals surface area contributed by atoms with Gasteiger partial charge in [-0.2, -0.15) is 0 Å². The van der Waals surface area contributed by atoms with Crippen LogP contribution in [0.5, 0.6) is 0 Å². The molecule has 0 saturated heterocycles. The first-order valence-electron chi connectivity index (χ1n) is 15.3. The molecule has 9 heteroatoms. The van der Waals surface area contributed by atoms with E-state index >= 15 is 0 Å². The predicted molar refractivity (Wildman–Crippen MR) is 181 cm³/mol. The average Bonchev–Trinajstić information content (AvgIpc) is 3.07. The summed E-state index contributed by atoms with van der Waals surface area (Å²) in [7, 11) is -4.15. The van der Waals surface area contributed by atoms with Crippen molar-refractivity contribution in [3.63, 3.8) is 0 Å². The molecule has 4 aromatic carbocycles. The summed E-state index contributed by atoms with van der Waals surface area (Å²) in [6.07, 6.45) is 2.71. The van der Waals surface area contributed by atoms with Gasteiger partial charge in [-0.05, 0) is 59.9 Å². The van der Waals surface area contributed by atoms with Gasteiger partial charge in [0, 0.05) is 24.5 Å². The van der Waals surface area contributed by atoms with Crippen molar-refractivity contribution in [2.75, 3.05) is 17.4 Å². The smallest absolute Gasteiger partial charge is 0.264 e. The fraction of sp³-hybridized carbons (Fsp3) is 0.278. The number of amides is 2. The Balaban J connectivity index is 1.79. The molecule has 0 saturated carbocycles. The van der Waals surface area contributed by atoms with Crippen LogP contribution in [0.2, 0.25) is 5.02 Å². The van der Waals surface area contributed by atoms with Crippen molar-refractivity contribution in [2.45, 2.75) is 57.0 Å². The Bertz CT molecular complexity index is 1650. The highest BCUT2D eigenvalue weighted by Crippen LogP contribution is 2.26. The average molecular weight is 646 g/mol. The fourth-order valence-electron chi connectivity index (χ4n) is 5.02. The maximum Gasteiger partial charge on any atom is 0.264 e. The van der Waals surface area contributed by atoms with Gasteiger partial charge in [0.25, 0.3) is 10.0 Å². The molecule has 1 N–H and O–H groups in total. The zero-order chi connectivity index (χ0) is 32.2. The van der Waals surface area contributed by atoms with Crippen LogP contribution in [0.1, 0.15) is 43.4 Å². The van der Waals surface area contributed by atoms with E-state index in [-0.39, 0.29) is 23.8 Å². The molecule has 0 aliphatic rings. The van der Waals surface area contributed by atoms with Gasteiger partial charge in [0.1, 0.15) is 12.6 Å². The highest BCUT2D eigenvalue weighted by molar-refractivity contribution is 7.92. The van der Waals surface area contributed by atoms with E-state index in [1.165, 1.54) is 17.0 Å². The number of anilines is 1. The Morgan fingerprint density at radius 2 is 1.42 bits per heavy atom.